The molecule has 0 unspecified atom stereocenters. The molecule has 0 radical (unpaired) electrons. The topological polar surface area (TPSA) is 49.8 Å². The molecule has 1 aromatic rings. The van der Waals surface area contributed by atoms with Gasteiger partial charge in [0, 0.05) is 24.8 Å². The van der Waals surface area contributed by atoms with E-state index in [-0.39, 0.29) is 0 Å². The maximum absolute atomic E-state index is 13.8. The van der Waals surface area contributed by atoms with Crippen molar-refractivity contribution in [1.82, 2.24) is 0 Å². The van der Waals surface area contributed by atoms with Crippen LogP contribution >= 0.6 is 0 Å². The molecular formula is C16H19F2NO3. The zero-order valence-electron chi connectivity index (χ0n) is 12.3. The van der Waals surface area contributed by atoms with Crippen LogP contribution in [0.15, 0.2) is 12.1 Å². The monoisotopic (exact) mass is 311 g/mol. The average molecular weight is 311 g/mol. The normalized spacial score (nSPS) is 21.1. The van der Waals surface area contributed by atoms with Gasteiger partial charge in [0.15, 0.2) is 11.6 Å². The summed E-state index contributed by atoms with van der Waals surface area (Å²) in [5, 5.41) is 9.74. The molecule has 22 heavy (non-hydrogen) atoms. The molecule has 0 amide bonds. The maximum atomic E-state index is 13.8. The molecule has 0 spiro atoms. The highest BCUT2D eigenvalue weighted by Crippen LogP contribution is 2.45. The molecule has 0 atom stereocenters. The lowest BCUT2D eigenvalue weighted by molar-refractivity contribution is -0.143. The molecule has 1 aromatic carbocycles. The van der Waals surface area contributed by atoms with E-state index in [1.54, 1.807) is 0 Å². The molecule has 1 heterocycles. The van der Waals surface area contributed by atoms with E-state index < -0.39 is 23.0 Å². The molecule has 6 heteroatoms. The van der Waals surface area contributed by atoms with E-state index in [4.69, 9.17) is 4.74 Å². The summed E-state index contributed by atoms with van der Waals surface area (Å²) >= 11 is 0. The molecule has 1 saturated carbocycles. The summed E-state index contributed by atoms with van der Waals surface area (Å²) < 4.78 is 32.8. The second-order valence-electron chi connectivity index (χ2n) is 5.98. The molecular weight excluding hydrogens is 292 g/mol. The number of rotatable bonds is 3. The van der Waals surface area contributed by atoms with Gasteiger partial charge in [0.2, 0.25) is 0 Å². The van der Waals surface area contributed by atoms with Crippen LogP contribution in [0.4, 0.5) is 14.5 Å². The van der Waals surface area contributed by atoms with Crippen molar-refractivity contribution < 1.29 is 23.4 Å². The number of morpholine rings is 1. The Morgan fingerprint density at radius 1 is 1.14 bits per heavy atom. The fourth-order valence-corrected chi connectivity index (χ4v) is 3.56. The predicted octanol–water partition coefficient (Wildman–Crippen LogP) is 2.70. The molecule has 120 valence electrons. The molecule has 0 aromatic heterocycles. The van der Waals surface area contributed by atoms with Crippen molar-refractivity contribution in [3.05, 3.63) is 29.3 Å². The molecule has 1 saturated heterocycles. The highest BCUT2D eigenvalue weighted by molar-refractivity contribution is 5.84. The Bertz CT molecular complexity index is 579. The largest absolute Gasteiger partial charge is 0.481 e. The van der Waals surface area contributed by atoms with Crippen molar-refractivity contribution >= 4 is 11.7 Å². The van der Waals surface area contributed by atoms with Crippen LogP contribution in [0.1, 0.15) is 31.2 Å². The predicted molar refractivity (Wildman–Crippen MR) is 77.2 cm³/mol. The van der Waals surface area contributed by atoms with Gasteiger partial charge in [-0.3, -0.25) is 4.79 Å². The second-order valence-corrected chi connectivity index (χ2v) is 5.98. The number of anilines is 1. The molecule has 4 nitrogen and oxygen atoms in total. The third-order valence-corrected chi connectivity index (χ3v) is 4.77. The number of hydrogen-bond acceptors (Lipinski definition) is 3. The van der Waals surface area contributed by atoms with E-state index in [0.717, 1.165) is 25.0 Å². The SMILES string of the molecule is O=C(O)C1(c2cc(F)c(F)cc2N2CCOCC2)CCCC1. The highest BCUT2D eigenvalue weighted by Gasteiger charge is 2.45. The van der Waals surface area contributed by atoms with Crippen molar-refractivity contribution in [2.24, 2.45) is 0 Å². The van der Waals surface area contributed by atoms with E-state index in [1.165, 1.54) is 0 Å². The van der Waals surface area contributed by atoms with Crippen LogP contribution in [0.3, 0.4) is 0 Å². The summed E-state index contributed by atoms with van der Waals surface area (Å²) in [6.07, 6.45) is 2.50. The summed E-state index contributed by atoms with van der Waals surface area (Å²) in [6, 6.07) is 2.22. The Morgan fingerprint density at radius 2 is 1.73 bits per heavy atom. The van der Waals surface area contributed by atoms with Gasteiger partial charge >= 0.3 is 5.97 Å². The Balaban J connectivity index is 2.12. The molecule has 2 fully saturated rings. The first kappa shape index (κ1) is 15.2. The minimum absolute atomic E-state index is 0.401. The summed E-state index contributed by atoms with van der Waals surface area (Å²) in [7, 11) is 0. The van der Waals surface area contributed by atoms with Gasteiger partial charge in [0.05, 0.1) is 18.6 Å². The Morgan fingerprint density at radius 3 is 2.32 bits per heavy atom. The van der Waals surface area contributed by atoms with E-state index in [9.17, 15) is 18.7 Å². The third-order valence-electron chi connectivity index (χ3n) is 4.77. The van der Waals surface area contributed by atoms with Gasteiger partial charge in [0.1, 0.15) is 0 Å². The van der Waals surface area contributed by atoms with Crippen LogP contribution in [0.5, 0.6) is 0 Å². The first-order valence-electron chi connectivity index (χ1n) is 7.60. The van der Waals surface area contributed by atoms with Crippen LogP contribution in [-0.4, -0.2) is 37.4 Å². The van der Waals surface area contributed by atoms with Gasteiger partial charge in [-0.25, -0.2) is 8.78 Å². The summed E-state index contributed by atoms with van der Waals surface area (Å²) in [4.78, 5) is 13.8. The van der Waals surface area contributed by atoms with E-state index in [2.05, 4.69) is 0 Å². The summed E-state index contributed by atoms with van der Waals surface area (Å²) in [5.74, 6) is -2.88. The number of carbonyl (C=O) groups is 1. The Kier molecular flexibility index (Phi) is 4.04. The number of aliphatic carboxylic acids is 1. The third kappa shape index (κ3) is 2.45. The number of carboxylic acid groups (broad SMARTS) is 1. The van der Waals surface area contributed by atoms with Crippen molar-refractivity contribution in [3.63, 3.8) is 0 Å². The number of carboxylic acids is 1. The maximum Gasteiger partial charge on any atom is 0.314 e. The van der Waals surface area contributed by atoms with Crippen LogP contribution in [0, 0.1) is 11.6 Å². The van der Waals surface area contributed by atoms with Crippen molar-refractivity contribution in [1.29, 1.82) is 0 Å². The zero-order valence-corrected chi connectivity index (χ0v) is 12.3. The fraction of sp³-hybridized carbons (Fsp3) is 0.562. The minimum Gasteiger partial charge on any atom is -0.481 e. The number of halogens is 2. The molecule has 1 aliphatic heterocycles. The lowest BCUT2D eigenvalue weighted by Gasteiger charge is -2.35. The highest BCUT2D eigenvalue weighted by atomic mass is 19.2. The minimum atomic E-state index is -1.11. The van der Waals surface area contributed by atoms with Crippen LogP contribution in [0.25, 0.3) is 0 Å². The molecule has 3 rings (SSSR count). The first-order chi connectivity index (χ1) is 10.5. The van der Waals surface area contributed by atoms with Crippen molar-refractivity contribution in [2.45, 2.75) is 31.1 Å². The fourth-order valence-electron chi connectivity index (χ4n) is 3.56. The lowest BCUT2D eigenvalue weighted by atomic mass is 9.77. The van der Waals surface area contributed by atoms with Gasteiger partial charge in [0.25, 0.3) is 0 Å². The van der Waals surface area contributed by atoms with Gasteiger partial charge in [-0.05, 0) is 24.5 Å². The van der Waals surface area contributed by atoms with Gasteiger partial charge < -0.3 is 14.7 Å². The Labute approximate surface area is 127 Å². The van der Waals surface area contributed by atoms with Crippen LogP contribution < -0.4 is 4.90 Å². The van der Waals surface area contributed by atoms with Crippen molar-refractivity contribution in [2.75, 3.05) is 31.2 Å². The molecule has 0 bridgehead atoms. The van der Waals surface area contributed by atoms with Gasteiger partial charge in [-0.2, -0.15) is 0 Å². The number of ether oxygens (including phenoxy) is 1. The number of hydrogen-bond donors (Lipinski definition) is 1. The van der Waals surface area contributed by atoms with Crippen molar-refractivity contribution in [3.8, 4) is 0 Å². The Hall–Kier alpha value is -1.69. The molecule has 2 aliphatic rings. The molecule has 1 N–H and O–H groups in total. The average Bonchev–Trinajstić information content (AvgIpc) is 3.01. The first-order valence-corrected chi connectivity index (χ1v) is 7.60. The standard InChI is InChI=1S/C16H19F2NO3/c17-12-9-11(16(15(20)21)3-1-2-4-16)14(10-13(12)18)19-5-7-22-8-6-19/h9-10H,1-8H2,(H,20,21). The van der Waals surface area contributed by atoms with Crippen LogP contribution in [0.2, 0.25) is 0 Å². The summed E-state index contributed by atoms with van der Waals surface area (Å²) in [6.45, 7) is 2.10. The molecule has 1 aliphatic carbocycles. The quantitative estimate of drug-likeness (QED) is 0.932. The second kappa shape index (κ2) is 5.83. The summed E-state index contributed by atoms with van der Waals surface area (Å²) in [5.41, 5.74) is -0.216. The van der Waals surface area contributed by atoms with E-state index in [1.807, 2.05) is 4.90 Å². The smallest absolute Gasteiger partial charge is 0.314 e. The van der Waals surface area contributed by atoms with E-state index >= 15 is 0 Å². The number of nitrogens with zero attached hydrogens (tertiary/aromatic N) is 1. The zero-order chi connectivity index (χ0) is 15.7. The van der Waals surface area contributed by atoms with Crippen LogP contribution in [-0.2, 0) is 14.9 Å². The van der Waals surface area contributed by atoms with Gasteiger partial charge in [-0.1, -0.05) is 12.8 Å². The number of benzene rings is 1. The van der Waals surface area contributed by atoms with Gasteiger partial charge in [-0.15, -0.1) is 0 Å². The van der Waals surface area contributed by atoms with E-state index in [0.29, 0.717) is 50.4 Å². The lowest BCUT2D eigenvalue weighted by Crippen LogP contribution is -2.40.